The number of benzene rings is 1. The quantitative estimate of drug-likeness (QED) is 0.648. The zero-order valence-corrected chi connectivity index (χ0v) is 17.1. The Kier molecular flexibility index (Phi) is 4.91. The number of aryl methyl sites for hydroxylation is 1. The SMILES string of the molecule is O=C(CCc1nc2ccccc2c(=O)n1C1CC1)N1CCCC(c2nccs2)C1. The number of aromatic nitrogens is 3. The summed E-state index contributed by atoms with van der Waals surface area (Å²) in [7, 11) is 0. The van der Waals surface area contributed by atoms with E-state index < -0.39 is 0 Å². The van der Waals surface area contributed by atoms with Crippen LogP contribution < -0.4 is 5.56 Å². The van der Waals surface area contributed by atoms with Crippen molar-refractivity contribution in [2.24, 2.45) is 0 Å². The van der Waals surface area contributed by atoms with Crippen molar-refractivity contribution in [3.05, 3.63) is 57.0 Å². The highest BCUT2D eigenvalue weighted by Crippen LogP contribution is 2.35. The van der Waals surface area contributed by atoms with E-state index in [0.717, 1.165) is 55.1 Å². The van der Waals surface area contributed by atoms with Gasteiger partial charge in [0.15, 0.2) is 0 Å². The highest BCUT2D eigenvalue weighted by molar-refractivity contribution is 7.09. The van der Waals surface area contributed by atoms with Gasteiger partial charge in [-0.3, -0.25) is 14.2 Å². The number of para-hydroxylation sites is 1. The molecule has 29 heavy (non-hydrogen) atoms. The van der Waals surface area contributed by atoms with Crippen molar-refractivity contribution in [2.45, 2.75) is 50.5 Å². The normalized spacial score (nSPS) is 19.6. The van der Waals surface area contributed by atoms with Crippen molar-refractivity contribution in [1.82, 2.24) is 19.4 Å². The third-order valence-corrected chi connectivity index (χ3v) is 6.87. The molecule has 1 atom stereocenters. The zero-order valence-electron chi connectivity index (χ0n) is 16.3. The summed E-state index contributed by atoms with van der Waals surface area (Å²) >= 11 is 1.67. The van der Waals surface area contributed by atoms with E-state index in [2.05, 4.69) is 4.98 Å². The lowest BCUT2D eigenvalue weighted by molar-refractivity contribution is -0.132. The van der Waals surface area contributed by atoms with Gasteiger partial charge in [-0.15, -0.1) is 11.3 Å². The average molecular weight is 409 g/mol. The highest BCUT2D eigenvalue weighted by atomic mass is 32.1. The summed E-state index contributed by atoms with van der Waals surface area (Å²) in [6.45, 7) is 1.55. The minimum Gasteiger partial charge on any atom is -0.342 e. The maximum absolute atomic E-state index is 13.0. The van der Waals surface area contributed by atoms with Crippen LogP contribution in [0.15, 0.2) is 40.6 Å². The maximum Gasteiger partial charge on any atom is 0.261 e. The molecule has 150 valence electrons. The van der Waals surface area contributed by atoms with Gasteiger partial charge >= 0.3 is 0 Å². The van der Waals surface area contributed by atoms with Crippen molar-refractivity contribution in [3.63, 3.8) is 0 Å². The van der Waals surface area contributed by atoms with E-state index in [-0.39, 0.29) is 17.5 Å². The molecule has 2 aromatic heterocycles. The van der Waals surface area contributed by atoms with Crippen LogP contribution >= 0.6 is 11.3 Å². The van der Waals surface area contributed by atoms with Gasteiger partial charge in [-0.1, -0.05) is 12.1 Å². The van der Waals surface area contributed by atoms with Crippen LogP contribution in [0.2, 0.25) is 0 Å². The number of piperidine rings is 1. The van der Waals surface area contributed by atoms with Crippen molar-refractivity contribution >= 4 is 28.1 Å². The van der Waals surface area contributed by atoms with Gasteiger partial charge in [-0.25, -0.2) is 9.97 Å². The lowest BCUT2D eigenvalue weighted by Gasteiger charge is -2.32. The predicted molar refractivity (Wildman–Crippen MR) is 113 cm³/mol. The molecule has 3 heterocycles. The van der Waals surface area contributed by atoms with Crippen LogP contribution in [0.4, 0.5) is 0 Å². The van der Waals surface area contributed by atoms with Gasteiger partial charge in [0.2, 0.25) is 5.91 Å². The van der Waals surface area contributed by atoms with E-state index in [1.807, 2.05) is 45.3 Å². The second-order valence-electron chi connectivity index (χ2n) is 8.00. The molecule has 1 saturated carbocycles. The Labute approximate surface area is 173 Å². The summed E-state index contributed by atoms with van der Waals surface area (Å²) in [5.41, 5.74) is 0.751. The second-order valence-corrected chi connectivity index (χ2v) is 8.93. The number of hydrogen-bond donors (Lipinski definition) is 0. The highest BCUT2D eigenvalue weighted by Gasteiger charge is 2.29. The topological polar surface area (TPSA) is 68.1 Å². The van der Waals surface area contributed by atoms with Gasteiger partial charge in [0.05, 0.1) is 15.9 Å². The Morgan fingerprint density at radius 3 is 2.86 bits per heavy atom. The minimum atomic E-state index is 0.0300. The summed E-state index contributed by atoms with van der Waals surface area (Å²) in [6, 6.07) is 7.74. The first kappa shape index (κ1) is 18.5. The number of rotatable bonds is 5. The number of carbonyl (C=O) groups is 1. The van der Waals surface area contributed by atoms with Crippen LogP contribution in [-0.2, 0) is 11.2 Å². The monoisotopic (exact) mass is 408 g/mol. The van der Waals surface area contributed by atoms with Crippen LogP contribution in [0.3, 0.4) is 0 Å². The number of carbonyl (C=O) groups excluding carboxylic acids is 1. The first-order valence-electron chi connectivity index (χ1n) is 10.4. The van der Waals surface area contributed by atoms with Crippen LogP contribution in [0.1, 0.15) is 54.9 Å². The maximum atomic E-state index is 13.0. The number of fused-ring (bicyclic) bond motifs is 1. The smallest absolute Gasteiger partial charge is 0.261 e. The lowest BCUT2D eigenvalue weighted by Crippen LogP contribution is -2.39. The molecule has 3 aromatic rings. The van der Waals surface area contributed by atoms with E-state index in [0.29, 0.717) is 24.1 Å². The molecular formula is C22H24N4O2S. The van der Waals surface area contributed by atoms with Gasteiger partial charge < -0.3 is 4.90 Å². The predicted octanol–water partition coefficient (Wildman–Crippen LogP) is 3.53. The lowest BCUT2D eigenvalue weighted by atomic mass is 9.98. The molecule has 1 aliphatic heterocycles. The third-order valence-electron chi connectivity index (χ3n) is 5.93. The summed E-state index contributed by atoms with van der Waals surface area (Å²) in [6.07, 6.45) is 6.87. The average Bonchev–Trinajstić information content (AvgIpc) is 3.43. The third kappa shape index (κ3) is 3.71. The van der Waals surface area contributed by atoms with Gasteiger partial charge in [0.25, 0.3) is 5.56 Å². The van der Waals surface area contributed by atoms with Crippen LogP contribution in [-0.4, -0.2) is 38.4 Å². The molecule has 0 spiro atoms. The first-order chi connectivity index (χ1) is 14.2. The van der Waals surface area contributed by atoms with E-state index in [4.69, 9.17) is 4.98 Å². The van der Waals surface area contributed by atoms with Crippen LogP contribution in [0, 0.1) is 0 Å². The molecule has 2 aliphatic rings. The number of thiazole rings is 1. The molecule has 1 aromatic carbocycles. The Hall–Kier alpha value is -2.54. The zero-order chi connectivity index (χ0) is 19.8. The fourth-order valence-electron chi connectivity index (χ4n) is 4.30. The molecule has 2 fully saturated rings. The first-order valence-corrected chi connectivity index (χ1v) is 11.3. The summed E-state index contributed by atoms with van der Waals surface area (Å²) < 4.78 is 1.84. The van der Waals surface area contributed by atoms with Crippen molar-refractivity contribution in [3.8, 4) is 0 Å². The molecular weight excluding hydrogens is 384 g/mol. The molecule has 1 amide bonds. The molecule has 1 aliphatic carbocycles. The molecule has 1 saturated heterocycles. The van der Waals surface area contributed by atoms with Crippen LogP contribution in [0.5, 0.6) is 0 Å². The Morgan fingerprint density at radius 2 is 2.07 bits per heavy atom. The molecule has 6 nitrogen and oxygen atoms in total. The Morgan fingerprint density at radius 1 is 1.21 bits per heavy atom. The number of hydrogen-bond acceptors (Lipinski definition) is 5. The molecule has 7 heteroatoms. The van der Waals surface area contributed by atoms with E-state index in [9.17, 15) is 9.59 Å². The van der Waals surface area contributed by atoms with Crippen LogP contribution in [0.25, 0.3) is 10.9 Å². The molecule has 5 rings (SSSR count). The van der Waals surface area contributed by atoms with E-state index in [1.165, 1.54) is 0 Å². The van der Waals surface area contributed by atoms with Gasteiger partial charge in [-0.2, -0.15) is 0 Å². The molecule has 0 radical (unpaired) electrons. The summed E-state index contributed by atoms with van der Waals surface area (Å²) in [4.78, 5) is 37.1. The van der Waals surface area contributed by atoms with Crippen molar-refractivity contribution in [1.29, 1.82) is 0 Å². The number of likely N-dealkylation sites (tertiary alicyclic amines) is 1. The minimum absolute atomic E-state index is 0.0300. The fraction of sp³-hybridized carbons (Fsp3) is 0.455. The standard InChI is InChI=1S/C22H24N4O2S/c27-20(25-12-3-4-15(14-25)21-23-11-13-29-21)10-9-19-24-18-6-2-1-5-17(18)22(28)26(19)16-7-8-16/h1-2,5-6,11,13,15-16H,3-4,7-10,12,14H2. The Bertz CT molecular complexity index is 1090. The van der Waals surface area contributed by atoms with Gasteiger partial charge in [-0.05, 0) is 37.8 Å². The number of amides is 1. The number of nitrogens with zero attached hydrogens (tertiary/aromatic N) is 4. The Balaban J connectivity index is 1.33. The molecule has 0 N–H and O–H groups in total. The molecule has 0 bridgehead atoms. The van der Waals surface area contributed by atoms with E-state index >= 15 is 0 Å². The molecule has 1 unspecified atom stereocenters. The fourth-order valence-corrected chi connectivity index (χ4v) is 5.06. The summed E-state index contributed by atoms with van der Waals surface area (Å²) in [5.74, 6) is 1.24. The van der Waals surface area contributed by atoms with Gasteiger partial charge in [0.1, 0.15) is 5.82 Å². The second kappa shape index (κ2) is 7.71. The summed E-state index contributed by atoms with van der Waals surface area (Å²) in [5, 5.41) is 3.79. The van der Waals surface area contributed by atoms with E-state index in [1.54, 1.807) is 11.3 Å². The van der Waals surface area contributed by atoms with Crippen molar-refractivity contribution in [2.75, 3.05) is 13.1 Å². The largest absolute Gasteiger partial charge is 0.342 e. The van der Waals surface area contributed by atoms with Crippen molar-refractivity contribution < 1.29 is 4.79 Å². The van der Waals surface area contributed by atoms with Gasteiger partial charge in [0, 0.05) is 49.5 Å².